The van der Waals surface area contributed by atoms with Crippen LogP contribution in [0.5, 0.6) is 0 Å². The number of anilines is 1. The van der Waals surface area contributed by atoms with Gasteiger partial charge in [0.25, 0.3) is 0 Å². The predicted molar refractivity (Wildman–Crippen MR) is 41.2 cm³/mol. The lowest BCUT2D eigenvalue weighted by Crippen LogP contribution is -2.01. The van der Waals surface area contributed by atoms with Gasteiger partial charge in [0.2, 0.25) is 0 Å². The molecular formula is C6H7N3O3. The molecule has 0 aromatic carbocycles. The van der Waals surface area contributed by atoms with Gasteiger partial charge in [0.1, 0.15) is 11.9 Å². The van der Waals surface area contributed by atoms with Crippen LogP contribution in [0.25, 0.3) is 0 Å². The minimum Gasteiger partial charge on any atom is -0.393 e. The summed E-state index contributed by atoms with van der Waals surface area (Å²) in [5, 5.41) is 19.0. The van der Waals surface area contributed by atoms with E-state index in [1.807, 2.05) is 0 Å². The molecule has 12 heavy (non-hydrogen) atoms. The average Bonchev–Trinajstić information content (AvgIpc) is 2.04. The van der Waals surface area contributed by atoms with Gasteiger partial charge in [0, 0.05) is 11.8 Å². The summed E-state index contributed by atoms with van der Waals surface area (Å²) in [6.45, 7) is -0.347. The third-order valence-electron chi connectivity index (χ3n) is 1.42. The minimum atomic E-state index is -0.637. The van der Waals surface area contributed by atoms with E-state index in [1.54, 1.807) is 0 Å². The lowest BCUT2D eigenvalue weighted by molar-refractivity contribution is -0.384. The van der Waals surface area contributed by atoms with Crippen LogP contribution in [0.4, 0.5) is 11.4 Å². The number of nitrogens with zero attached hydrogens (tertiary/aromatic N) is 2. The first-order chi connectivity index (χ1) is 5.66. The Kier molecular flexibility index (Phi) is 2.20. The first-order valence-electron chi connectivity index (χ1n) is 3.14. The van der Waals surface area contributed by atoms with Crippen LogP contribution >= 0.6 is 0 Å². The molecule has 0 unspecified atom stereocenters. The van der Waals surface area contributed by atoms with Crippen molar-refractivity contribution in [2.45, 2.75) is 6.61 Å². The SMILES string of the molecule is Nc1c(CO)cncc1[N+](=O)[O-]. The van der Waals surface area contributed by atoms with E-state index in [0.717, 1.165) is 6.20 Å². The molecule has 0 atom stereocenters. The summed E-state index contributed by atoms with van der Waals surface area (Å²) in [6.07, 6.45) is 2.34. The maximum atomic E-state index is 10.3. The standard InChI is InChI=1S/C6H7N3O3/c7-6-4(3-10)1-8-2-5(6)9(11)12/h1-2,10H,3H2,(H2,7,8). The van der Waals surface area contributed by atoms with Crippen molar-refractivity contribution in [2.75, 3.05) is 5.73 Å². The number of hydrogen-bond acceptors (Lipinski definition) is 5. The third-order valence-corrected chi connectivity index (χ3v) is 1.42. The molecule has 0 radical (unpaired) electrons. The summed E-state index contributed by atoms with van der Waals surface area (Å²) >= 11 is 0. The van der Waals surface area contributed by atoms with Crippen LogP contribution in [-0.4, -0.2) is 15.0 Å². The van der Waals surface area contributed by atoms with E-state index in [4.69, 9.17) is 10.8 Å². The number of pyridine rings is 1. The lowest BCUT2D eigenvalue weighted by Gasteiger charge is -2.00. The zero-order chi connectivity index (χ0) is 9.14. The zero-order valence-corrected chi connectivity index (χ0v) is 6.10. The molecule has 0 fully saturated rings. The summed E-state index contributed by atoms with van der Waals surface area (Å²) < 4.78 is 0. The van der Waals surface area contributed by atoms with Crippen molar-refractivity contribution in [2.24, 2.45) is 0 Å². The lowest BCUT2D eigenvalue weighted by atomic mass is 10.2. The van der Waals surface area contributed by atoms with E-state index >= 15 is 0 Å². The molecule has 0 aliphatic carbocycles. The molecule has 3 N–H and O–H groups in total. The third kappa shape index (κ3) is 1.32. The number of hydrogen-bond donors (Lipinski definition) is 2. The van der Waals surface area contributed by atoms with Crippen molar-refractivity contribution in [1.82, 2.24) is 4.98 Å². The first kappa shape index (κ1) is 8.41. The van der Waals surface area contributed by atoms with Crippen LogP contribution in [0, 0.1) is 10.1 Å². The molecule has 0 bridgehead atoms. The number of aromatic nitrogens is 1. The molecule has 64 valence electrons. The van der Waals surface area contributed by atoms with Crippen molar-refractivity contribution in [1.29, 1.82) is 0 Å². The molecule has 1 aromatic rings. The highest BCUT2D eigenvalue weighted by Gasteiger charge is 2.13. The summed E-state index contributed by atoms with van der Waals surface area (Å²) in [5.41, 5.74) is 5.31. The zero-order valence-electron chi connectivity index (χ0n) is 6.10. The van der Waals surface area contributed by atoms with E-state index in [0.29, 0.717) is 0 Å². The second kappa shape index (κ2) is 3.14. The fourth-order valence-electron chi connectivity index (χ4n) is 0.773. The van der Waals surface area contributed by atoms with Crippen molar-refractivity contribution >= 4 is 11.4 Å². The second-order valence-corrected chi connectivity index (χ2v) is 2.15. The van der Waals surface area contributed by atoms with Gasteiger partial charge in [0.05, 0.1) is 11.5 Å². The Morgan fingerprint density at radius 2 is 2.33 bits per heavy atom. The molecular weight excluding hydrogens is 162 g/mol. The second-order valence-electron chi connectivity index (χ2n) is 2.15. The Morgan fingerprint density at radius 1 is 1.67 bits per heavy atom. The van der Waals surface area contributed by atoms with Crippen molar-refractivity contribution in [3.63, 3.8) is 0 Å². The first-order valence-corrected chi connectivity index (χ1v) is 3.14. The Balaban J connectivity index is 3.23. The van der Waals surface area contributed by atoms with Crippen LogP contribution in [0.3, 0.4) is 0 Å². The smallest absolute Gasteiger partial charge is 0.310 e. The fraction of sp³-hybridized carbons (Fsp3) is 0.167. The largest absolute Gasteiger partial charge is 0.393 e. The van der Waals surface area contributed by atoms with E-state index < -0.39 is 4.92 Å². The van der Waals surface area contributed by atoms with E-state index in [1.165, 1.54) is 6.20 Å². The van der Waals surface area contributed by atoms with Crippen molar-refractivity contribution < 1.29 is 10.0 Å². The van der Waals surface area contributed by atoms with Crippen LogP contribution < -0.4 is 5.73 Å². The Morgan fingerprint density at radius 3 is 2.83 bits per heavy atom. The normalized spacial score (nSPS) is 9.75. The van der Waals surface area contributed by atoms with Gasteiger partial charge in [-0.15, -0.1) is 0 Å². The van der Waals surface area contributed by atoms with Gasteiger partial charge < -0.3 is 10.8 Å². The average molecular weight is 169 g/mol. The molecule has 0 saturated heterocycles. The van der Waals surface area contributed by atoms with Crippen molar-refractivity contribution in [3.8, 4) is 0 Å². The molecule has 0 saturated carbocycles. The molecule has 6 nitrogen and oxygen atoms in total. The van der Waals surface area contributed by atoms with Gasteiger partial charge >= 0.3 is 5.69 Å². The number of nitrogens with two attached hydrogens (primary N) is 1. The van der Waals surface area contributed by atoms with E-state index in [9.17, 15) is 10.1 Å². The minimum absolute atomic E-state index is 0.0301. The fourth-order valence-corrected chi connectivity index (χ4v) is 0.773. The number of aliphatic hydroxyl groups excluding tert-OH is 1. The maximum Gasteiger partial charge on any atom is 0.310 e. The summed E-state index contributed by atoms with van der Waals surface area (Å²) in [4.78, 5) is 13.2. The summed E-state index contributed by atoms with van der Waals surface area (Å²) in [6, 6.07) is 0. The Bertz CT molecular complexity index is 313. The van der Waals surface area contributed by atoms with Crippen LogP contribution in [0.15, 0.2) is 12.4 Å². The molecule has 1 rings (SSSR count). The highest BCUT2D eigenvalue weighted by atomic mass is 16.6. The van der Waals surface area contributed by atoms with Gasteiger partial charge in [-0.3, -0.25) is 15.1 Å². The number of rotatable bonds is 2. The topological polar surface area (TPSA) is 102 Å². The Labute approximate surface area is 67.8 Å². The number of aliphatic hydroxyl groups is 1. The molecule has 0 aliphatic rings. The van der Waals surface area contributed by atoms with Crippen LogP contribution in [-0.2, 0) is 6.61 Å². The molecule has 0 aliphatic heterocycles. The summed E-state index contributed by atoms with van der Waals surface area (Å²) in [7, 11) is 0. The van der Waals surface area contributed by atoms with Gasteiger partial charge in [-0.25, -0.2) is 0 Å². The molecule has 0 spiro atoms. The molecule has 1 heterocycles. The highest BCUT2D eigenvalue weighted by Crippen LogP contribution is 2.22. The molecule has 1 aromatic heterocycles. The monoisotopic (exact) mass is 169 g/mol. The molecule has 6 heteroatoms. The van der Waals surface area contributed by atoms with E-state index in [-0.39, 0.29) is 23.5 Å². The van der Waals surface area contributed by atoms with Gasteiger partial charge in [-0.05, 0) is 0 Å². The van der Waals surface area contributed by atoms with Crippen LogP contribution in [0.2, 0.25) is 0 Å². The maximum absolute atomic E-state index is 10.3. The quantitative estimate of drug-likeness (QED) is 0.481. The summed E-state index contributed by atoms with van der Waals surface area (Å²) in [5.74, 6) is 0. The predicted octanol–water partition coefficient (Wildman–Crippen LogP) is 0.0643. The van der Waals surface area contributed by atoms with Gasteiger partial charge in [0.15, 0.2) is 0 Å². The number of nitro groups is 1. The number of nitrogen functional groups attached to an aromatic ring is 1. The molecule has 0 amide bonds. The van der Waals surface area contributed by atoms with Gasteiger partial charge in [-0.2, -0.15) is 0 Å². The Hall–Kier alpha value is -1.69. The van der Waals surface area contributed by atoms with Crippen molar-refractivity contribution in [3.05, 3.63) is 28.1 Å². The van der Waals surface area contributed by atoms with Gasteiger partial charge in [-0.1, -0.05) is 0 Å². The van der Waals surface area contributed by atoms with E-state index in [2.05, 4.69) is 4.98 Å². The van der Waals surface area contributed by atoms with Crippen LogP contribution in [0.1, 0.15) is 5.56 Å². The highest BCUT2D eigenvalue weighted by molar-refractivity contribution is 5.60.